The number of hydrogen-bond acceptors (Lipinski definition) is 5. The van der Waals surface area contributed by atoms with Crippen LogP contribution in [0, 0.1) is 0 Å². The van der Waals surface area contributed by atoms with E-state index in [0.717, 1.165) is 16.5 Å². The van der Waals surface area contributed by atoms with Gasteiger partial charge in [-0.3, -0.25) is 0 Å². The van der Waals surface area contributed by atoms with Gasteiger partial charge < -0.3 is 19.4 Å². The van der Waals surface area contributed by atoms with Crippen LogP contribution in [-0.4, -0.2) is 35.0 Å². The van der Waals surface area contributed by atoms with Gasteiger partial charge in [0, 0.05) is 10.9 Å². The number of benzene rings is 1. The molecule has 0 fully saturated rings. The molecule has 0 unspecified atom stereocenters. The van der Waals surface area contributed by atoms with Crippen LogP contribution in [0.2, 0.25) is 0 Å². The molecule has 1 heterocycles. The lowest BCUT2D eigenvalue weighted by Crippen LogP contribution is -2.34. The summed E-state index contributed by atoms with van der Waals surface area (Å²) in [5.41, 5.74) is 1.49. The molecule has 0 bridgehead atoms. The molecule has 0 radical (unpaired) electrons. The van der Waals surface area contributed by atoms with Crippen molar-refractivity contribution in [1.29, 1.82) is 0 Å². The lowest BCUT2D eigenvalue weighted by Gasteiger charge is -2.12. The van der Waals surface area contributed by atoms with Gasteiger partial charge in [-0.15, -0.1) is 0 Å². The minimum atomic E-state index is -1.59. The molecule has 0 spiro atoms. The second-order valence-corrected chi connectivity index (χ2v) is 4.23. The SMILES string of the molecule is CCOC(=O)[C@@H](O)[C@H](O)/C=C/c1coc2ccccc12. The second kappa shape index (κ2) is 6.36. The van der Waals surface area contributed by atoms with Gasteiger partial charge in [0.05, 0.1) is 12.9 Å². The van der Waals surface area contributed by atoms with Crippen molar-refractivity contribution in [3.8, 4) is 0 Å². The van der Waals surface area contributed by atoms with Gasteiger partial charge in [-0.2, -0.15) is 0 Å². The van der Waals surface area contributed by atoms with Crippen LogP contribution in [0.3, 0.4) is 0 Å². The van der Waals surface area contributed by atoms with E-state index in [2.05, 4.69) is 4.74 Å². The number of rotatable bonds is 5. The summed E-state index contributed by atoms with van der Waals surface area (Å²) in [5.74, 6) is -0.846. The summed E-state index contributed by atoms with van der Waals surface area (Å²) in [5, 5.41) is 20.2. The van der Waals surface area contributed by atoms with Crippen LogP contribution in [0.5, 0.6) is 0 Å². The first-order chi connectivity index (χ1) is 9.63. The molecule has 1 aromatic carbocycles. The summed E-state index contributed by atoms with van der Waals surface area (Å²) in [6, 6.07) is 7.45. The maximum absolute atomic E-state index is 11.3. The average molecular weight is 276 g/mol. The minimum Gasteiger partial charge on any atom is -0.464 e. The molecular formula is C15H16O5. The third-order valence-corrected chi connectivity index (χ3v) is 2.84. The summed E-state index contributed by atoms with van der Waals surface area (Å²) in [4.78, 5) is 11.3. The topological polar surface area (TPSA) is 79.9 Å². The molecule has 0 amide bonds. The normalized spacial score (nSPS) is 14.6. The van der Waals surface area contributed by atoms with Crippen LogP contribution < -0.4 is 0 Å². The van der Waals surface area contributed by atoms with Crippen LogP contribution in [0.25, 0.3) is 17.0 Å². The Labute approximate surface area is 116 Å². The molecule has 0 saturated carbocycles. The van der Waals surface area contributed by atoms with Crippen molar-refractivity contribution in [3.63, 3.8) is 0 Å². The van der Waals surface area contributed by atoms with E-state index in [1.165, 1.54) is 6.08 Å². The number of hydrogen-bond donors (Lipinski definition) is 2. The van der Waals surface area contributed by atoms with Crippen LogP contribution in [-0.2, 0) is 9.53 Å². The molecule has 2 N–H and O–H groups in total. The van der Waals surface area contributed by atoms with E-state index in [1.807, 2.05) is 24.3 Å². The minimum absolute atomic E-state index is 0.151. The summed E-state index contributed by atoms with van der Waals surface area (Å²) in [7, 11) is 0. The van der Waals surface area contributed by atoms with Crippen molar-refractivity contribution in [1.82, 2.24) is 0 Å². The highest BCUT2D eigenvalue weighted by Crippen LogP contribution is 2.22. The highest BCUT2D eigenvalue weighted by atomic mass is 16.5. The quantitative estimate of drug-likeness (QED) is 0.813. The molecular weight excluding hydrogens is 260 g/mol. The van der Waals surface area contributed by atoms with E-state index >= 15 is 0 Å². The number of aliphatic hydroxyl groups excluding tert-OH is 2. The molecule has 0 aliphatic carbocycles. The molecule has 0 aliphatic heterocycles. The van der Waals surface area contributed by atoms with Crippen molar-refractivity contribution >= 4 is 23.0 Å². The Morgan fingerprint density at radius 3 is 2.90 bits per heavy atom. The first-order valence-electron chi connectivity index (χ1n) is 6.30. The van der Waals surface area contributed by atoms with E-state index in [9.17, 15) is 15.0 Å². The van der Waals surface area contributed by atoms with E-state index in [0.29, 0.717) is 0 Å². The predicted molar refractivity (Wildman–Crippen MR) is 73.9 cm³/mol. The first kappa shape index (κ1) is 14.3. The highest BCUT2D eigenvalue weighted by molar-refractivity contribution is 5.87. The summed E-state index contributed by atoms with van der Waals surface area (Å²) >= 11 is 0. The highest BCUT2D eigenvalue weighted by Gasteiger charge is 2.23. The third kappa shape index (κ3) is 3.07. The van der Waals surface area contributed by atoms with Gasteiger partial charge in [0.1, 0.15) is 11.7 Å². The van der Waals surface area contributed by atoms with Gasteiger partial charge in [0.25, 0.3) is 0 Å². The maximum atomic E-state index is 11.3. The second-order valence-electron chi connectivity index (χ2n) is 4.23. The van der Waals surface area contributed by atoms with Crippen LogP contribution >= 0.6 is 0 Å². The average Bonchev–Trinajstić information content (AvgIpc) is 2.87. The molecule has 106 valence electrons. The molecule has 2 aromatic rings. The van der Waals surface area contributed by atoms with Gasteiger partial charge in [0.15, 0.2) is 6.10 Å². The fraction of sp³-hybridized carbons (Fsp3) is 0.267. The van der Waals surface area contributed by atoms with Gasteiger partial charge in [-0.25, -0.2) is 4.79 Å². The molecule has 5 nitrogen and oxygen atoms in total. The fourth-order valence-electron chi connectivity index (χ4n) is 1.80. The van der Waals surface area contributed by atoms with E-state index < -0.39 is 18.2 Å². The number of esters is 1. The smallest absolute Gasteiger partial charge is 0.338 e. The van der Waals surface area contributed by atoms with Crippen molar-refractivity contribution in [3.05, 3.63) is 42.2 Å². The van der Waals surface area contributed by atoms with Crippen LogP contribution in [0.15, 0.2) is 41.0 Å². The third-order valence-electron chi connectivity index (χ3n) is 2.84. The van der Waals surface area contributed by atoms with Gasteiger partial charge in [-0.1, -0.05) is 30.4 Å². The van der Waals surface area contributed by atoms with Gasteiger partial charge >= 0.3 is 5.97 Å². The Bertz CT molecular complexity index is 614. The number of aliphatic hydroxyl groups is 2. The fourth-order valence-corrected chi connectivity index (χ4v) is 1.80. The maximum Gasteiger partial charge on any atom is 0.338 e. The number of furan rings is 1. The Hall–Kier alpha value is -2.11. The lowest BCUT2D eigenvalue weighted by molar-refractivity contribution is -0.157. The number of ether oxygens (including phenoxy) is 1. The van der Waals surface area contributed by atoms with Gasteiger partial charge in [0.2, 0.25) is 0 Å². The molecule has 20 heavy (non-hydrogen) atoms. The Balaban J connectivity index is 2.10. The number of carbonyl (C=O) groups is 1. The Morgan fingerprint density at radius 1 is 1.40 bits per heavy atom. The number of carbonyl (C=O) groups excluding carboxylic acids is 1. The van der Waals surface area contributed by atoms with Crippen molar-refractivity contribution in [2.45, 2.75) is 19.1 Å². The lowest BCUT2D eigenvalue weighted by atomic mass is 10.1. The van der Waals surface area contributed by atoms with Gasteiger partial charge in [-0.05, 0) is 13.0 Å². The Morgan fingerprint density at radius 2 is 2.15 bits per heavy atom. The van der Waals surface area contributed by atoms with E-state index in [4.69, 9.17) is 4.42 Å². The van der Waals surface area contributed by atoms with Crippen LogP contribution in [0.1, 0.15) is 12.5 Å². The molecule has 2 rings (SSSR count). The predicted octanol–water partition coefficient (Wildman–Crippen LogP) is 1.73. The van der Waals surface area contributed by atoms with E-state index in [1.54, 1.807) is 19.3 Å². The molecule has 1 aromatic heterocycles. The summed E-state index contributed by atoms with van der Waals surface area (Å²) < 4.78 is 9.97. The summed E-state index contributed by atoms with van der Waals surface area (Å²) in [6.45, 7) is 1.78. The zero-order valence-corrected chi connectivity index (χ0v) is 11.0. The molecule has 0 aliphatic rings. The number of fused-ring (bicyclic) bond motifs is 1. The largest absolute Gasteiger partial charge is 0.464 e. The molecule has 5 heteroatoms. The van der Waals surface area contributed by atoms with Crippen LogP contribution in [0.4, 0.5) is 0 Å². The number of para-hydroxylation sites is 1. The Kier molecular flexibility index (Phi) is 4.55. The molecule has 0 saturated heterocycles. The first-order valence-corrected chi connectivity index (χ1v) is 6.30. The zero-order valence-electron chi connectivity index (χ0n) is 11.0. The standard InChI is InChI=1S/C15H16O5/c1-2-19-15(18)14(17)12(16)8-7-10-9-20-13-6-4-3-5-11(10)13/h3-9,12,14,16-17H,2H2,1H3/b8-7+/t12-,14+/m1/s1. The van der Waals surface area contributed by atoms with Crippen molar-refractivity contribution < 1.29 is 24.2 Å². The molecule has 2 atom stereocenters. The van der Waals surface area contributed by atoms with Crippen molar-refractivity contribution in [2.24, 2.45) is 0 Å². The van der Waals surface area contributed by atoms with Crippen molar-refractivity contribution in [2.75, 3.05) is 6.61 Å². The monoisotopic (exact) mass is 276 g/mol. The zero-order chi connectivity index (χ0) is 14.5. The summed E-state index contributed by atoms with van der Waals surface area (Å²) in [6.07, 6.45) is 1.55. The van der Waals surface area contributed by atoms with E-state index in [-0.39, 0.29) is 6.61 Å².